The van der Waals surface area contributed by atoms with Gasteiger partial charge >= 0.3 is 0 Å². The van der Waals surface area contributed by atoms with Crippen molar-refractivity contribution < 1.29 is 9.90 Å². The fourth-order valence-electron chi connectivity index (χ4n) is 2.89. The lowest BCUT2D eigenvalue weighted by Crippen LogP contribution is -2.43. The molecule has 21 heavy (non-hydrogen) atoms. The molecule has 3 atom stereocenters. The standard InChI is InChI=1S/C16H23BrN2O2/c1-11-7-8-19(15(11)10-20)9-16(21)18-12(2)13-3-5-14(17)6-4-13/h3-6,11-12,15,20H,7-10H2,1-2H3,(H,18,21). The number of halogens is 1. The molecule has 0 aliphatic carbocycles. The lowest BCUT2D eigenvalue weighted by Gasteiger charge is -2.25. The molecule has 1 fully saturated rings. The number of nitrogens with zero attached hydrogens (tertiary/aromatic N) is 1. The Morgan fingerprint density at radius 1 is 1.48 bits per heavy atom. The fraction of sp³-hybridized carbons (Fsp3) is 0.562. The number of aliphatic hydroxyl groups is 1. The van der Waals surface area contributed by atoms with Crippen LogP contribution in [0.1, 0.15) is 31.9 Å². The molecule has 1 saturated heterocycles. The highest BCUT2D eigenvalue weighted by molar-refractivity contribution is 9.10. The fourth-order valence-corrected chi connectivity index (χ4v) is 3.15. The number of nitrogens with one attached hydrogen (secondary N) is 1. The van der Waals surface area contributed by atoms with Gasteiger partial charge in [0.1, 0.15) is 0 Å². The van der Waals surface area contributed by atoms with Crippen LogP contribution in [0.4, 0.5) is 0 Å². The average Bonchev–Trinajstić information content (AvgIpc) is 2.79. The SMILES string of the molecule is CC(NC(=O)CN1CCC(C)C1CO)c1ccc(Br)cc1. The van der Waals surface area contributed by atoms with Crippen LogP contribution in [0.15, 0.2) is 28.7 Å². The molecule has 1 aromatic rings. The first-order valence-electron chi connectivity index (χ1n) is 7.41. The molecule has 4 nitrogen and oxygen atoms in total. The molecule has 0 spiro atoms. The molecule has 1 aliphatic rings. The van der Waals surface area contributed by atoms with E-state index in [1.54, 1.807) is 0 Å². The maximum Gasteiger partial charge on any atom is 0.234 e. The normalized spacial score (nSPS) is 24.0. The summed E-state index contributed by atoms with van der Waals surface area (Å²) in [6.07, 6.45) is 1.04. The lowest BCUT2D eigenvalue weighted by atomic mass is 10.0. The van der Waals surface area contributed by atoms with Crippen molar-refractivity contribution in [2.75, 3.05) is 19.7 Å². The van der Waals surface area contributed by atoms with Crippen molar-refractivity contribution in [1.82, 2.24) is 10.2 Å². The van der Waals surface area contributed by atoms with Crippen LogP contribution in [0.3, 0.4) is 0 Å². The van der Waals surface area contributed by atoms with Gasteiger partial charge in [-0.05, 0) is 43.5 Å². The summed E-state index contributed by atoms with van der Waals surface area (Å²) in [5.74, 6) is 0.463. The number of likely N-dealkylation sites (tertiary alicyclic amines) is 1. The highest BCUT2D eigenvalue weighted by atomic mass is 79.9. The van der Waals surface area contributed by atoms with E-state index in [2.05, 4.69) is 33.1 Å². The zero-order valence-corrected chi connectivity index (χ0v) is 14.1. The maximum atomic E-state index is 12.2. The van der Waals surface area contributed by atoms with Crippen LogP contribution in [0, 0.1) is 5.92 Å². The number of hydrogen-bond donors (Lipinski definition) is 2. The Balaban J connectivity index is 1.88. The van der Waals surface area contributed by atoms with Gasteiger partial charge in [0.15, 0.2) is 0 Å². The zero-order valence-electron chi connectivity index (χ0n) is 12.6. The third kappa shape index (κ3) is 4.28. The van der Waals surface area contributed by atoms with Gasteiger partial charge < -0.3 is 10.4 Å². The van der Waals surface area contributed by atoms with Crippen molar-refractivity contribution in [3.63, 3.8) is 0 Å². The Bertz CT molecular complexity index is 478. The zero-order chi connectivity index (χ0) is 15.4. The molecule has 2 N–H and O–H groups in total. The molecule has 1 heterocycles. The largest absolute Gasteiger partial charge is 0.395 e. The first kappa shape index (κ1) is 16.5. The lowest BCUT2D eigenvalue weighted by molar-refractivity contribution is -0.123. The third-order valence-corrected chi connectivity index (χ3v) is 4.81. The summed E-state index contributed by atoms with van der Waals surface area (Å²) in [4.78, 5) is 14.3. The van der Waals surface area contributed by atoms with Gasteiger partial charge in [-0.25, -0.2) is 0 Å². The van der Waals surface area contributed by atoms with Crippen LogP contribution < -0.4 is 5.32 Å². The summed E-state index contributed by atoms with van der Waals surface area (Å²) in [6, 6.07) is 8.05. The molecule has 0 radical (unpaired) electrons. The number of hydrogen-bond acceptors (Lipinski definition) is 3. The van der Waals surface area contributed by atoms with Gasteiger partial charge in [-0.15, -0.1) is 0 Å². The second-order valence-electron chi connectivity index (χ2n) is 5.83. The summed E-state index contributed by atoms with van der Waals surface area (Å²) in [5, 5.41) is 12.5. The predicted molar refractivity (Wildman–Crippen MR) is 86.9 cm³/mol. The number of amides is 1. The molecule has 1 aliphatic heterocycles. The first-order valence-corrected chi connectivity index (χ1v) is 8.20. The predicted octanol–water partition coefficient (Wildman–Crippen LogP) is 2.33. The summed E-state index contributed by atoms with van der Waals surface area (Å²) in [6.45, 7) is 5.47. The van der Waals surface area contributed by atoms with E-state index in [1.807, 2.05) is 31.2 Å². The molecule has 1 amide bonds. The number of carbonyl (C=O) groups excluding carboxylic acids is 1. The minimum atomic E-state index is -0.0156. The van der Waals surface area contributed by atoms with Crippen LogP contribution in [-0.4, -0.2) is 41.7 Å². The van der Waals surface area contributed by atoms with E-state index in [1.165, 1.54) is 0 Å². The molecule has 0 saturated carbocycles. The van der Waals surface area contributed by atoms with E-state index in [0.29, 0.717) is 12.5 Å². The monoisotopic (exact) mass is 354 g/mol. The topological polar surface area (TPSA) is 52.6 Å². The molecule has 2 rings (SSSR count). The van der Waals surface area contributed by atoms with Crippen LogP contribution in [0.25, 0.3) is 0 Å². The molecular formula is C16H23BrN2O2. The van der Waals surface area contributed by atoms with Gasteiger partial charge in [-0.2, -0.15) is 0 Å². The number of benzene rings is 1. The van der Waals surface area contributed by atoms with Crippen molar-refractivity contribution in [3.8, 4) is 0 Å². The number of rotatable bonds is 5. The van der Waals surface area contributed by atoms with Crippen molar-refractivity contribution in [3.05, 3.63) is 34.3 Å². The van der Waals surface area contributed by atoms with Crippen LogP contribution in [0.2, 0.25) is 0 Å². The van der Waals surface area contributed by atoms with Gasteiger partial charge in [-0.1, -0.05) is 35.0 Å². The molecule has 116 valence electrons. The highest BCUT2D eigenvalue weighted by Crippen LogP contribution is 2.23. The summed E-state index contributed by atoms with van der Waals surface area (Å²) in [7, 11) is 0. The van der Waals surface area contributed by atoms with Gasteiger partial charge in [0, 0.05) is 10.5 Å². The van der Waals surface area contributed by atoms with E-state index in [-0.39, 0.29) is 24.6 Å². The van der Waals surface area contributed by atoms with Crippen LogP contribution >= 0.6 is 15.9 Å². The van der Waals surface area contributed by atoms with E-state index >= 15 is 0 Å². The van der Waals surface area contributed by atoms with E-state index < -0.39 is 0 Å². The molecule has 1 aromatic carbocycles. The van der Waals surface area contributed by atoms with Gasteiger partial charge in [0.05, 0.1) is 19.2 Å². The van der Waals surface area contributed by atoms with E-state index in [0.717, 1.165) is 23.0 Å². The minimum absolute atomic E-state index is 0.0120. The Labute approximate surface area is 134 Å². The molecule has 0 aromatic heterocycles. The summed E-state index contributed by atoms with van der Waals surface area (Å²) in [5.41, 5.74) is 1.08. The highest BCUT2D eigenvalue weighted by Gasteiger charge is 2.31. The van der Waals surface area contributed by atoms with Crippen LogP contribution in [0.5, 0.6) is 0 Å². The third-order valence-electron chi connectivity index (χ3n) is 4.28. The molecule has 5 heteroatoms. The van der Waals surface area contributed by atoms with Crippen LogP contribution in [-0.2, 0) is 4.79 Å². The molecule has 3 unspecified atom stereocenters. The number of carbonyl (C=O) groups is 1. The molecular weight excluding hydrogens is 332 g/mol. The Morgan fingerprint density at radius 2 is 2.14 bits per heavy atom. The van der Waals surface area contributed by atoms with Crippen molar-refractivity contribution >= 4 is 21.8 Å². The van der Waals surface area contributed by atoms with Crippen molar-refractivity contribution in [2.24, 2.45) is 5.92 Å². The minimum Gasteiger partial charge on any atom is -0.395 e. The Morgan fingerprint density at radius 3 is 2.76 bits per heavy atom. The number of aliphatic hydroxyl groups excluding tert-OH is 1. The van der Waals surface area contributed by atoms with Crippen molar-refractivity contribution in [2.45, 2.75) is 32.4 Å². The second kappa shape index (κ2) is 7.38. The maximum absolute atomic E-state index is 12.2. The van der Waals surface area contributed by atoms with Gasteiger partial charge in [-0.3, -0.25) is 9.69 Å². The molecule has 0 bridgehead atoms. The van der Waals surface area contributed by atoms with E-state index in [9.17, 15) is 9.90 Å². The van der Waals surface area contributed by atoms with E-state index in [4.69, 9.17) is 0 Å². The summed E-state index contributed by atoms with van der Waals surface area (Å²) < 4.78 is 1.03. The Kier molecular flexibility index (Phi) is 5.79. The second-order valence-corrected chi connectivity index (χ2v) is 6.74. The van der Waals surface area contributed by atoms with Gasteiger partial charge in [0.2, 0.25) is 5.91 Å². The Hall–Kier alpha value is -0.910. The smallest absolute Gasteiger partial charge is 0.234 e. The van der Waals surface area contributed by atoms with Crippen molar-refractivity contribution in [1.29, 1.82) is 0 Å². The average molecular weight is 355 g/mol. The summed E-state index contributed by atoms with van der Waals surface area (Å²) >= 11 is 3.41. The van der Waals surface area contributed by atoms with Gasteiger partial charge in [0.25, 0.3) is 0 Å². The first-order chi connectivity index (χ1) is 10.0. The quantitative estimate of drug-likeness (QED) is 0.853.